The van der Waals surface area contributed by atoms with Gasteiger partial charge in [-0.3, -0.25) is 9.69 Å². The quantitative estimate of drug-likeness (QED) is 0.338. The summed E-state index contributed by atoms with van der Waals surface area (Å²) in [6.45, 7) is 4.17. The summed E-state index contributed by atoms with van der Waals surface area (Å²) in [7, 11) is 1.66. The van der Waals surface area contributed by atoms with E-state index in [1.807, 2.05) is 48.0 Å². The maximum absolute atomic E-state index is 13.1. The van der Waals surface area contributed by atoms with Crippen LogP contribution in [-0.2, 0) is 19.6 Å². The Bertz CT molecular complexity index is 1370. The van der Waals surface area contributed by atoms with Gasteiger partial charge < -0.3 is 14.5 Å². The lowest BCUT2D eigenvalue weighted by molar-refractivity contribution is 0.225. The molecule has 9 nitrogen and oxygen atoms in total. The number of pyridine rings is 1. The van der Waals surface area contributed by atoms with Crippen LogP contribution in [0.4, 0.5) is 0 Å². The van der Waals surface area contributed by atoms with Crippen molar-refractivity contribution in [2.75, 3.05) is 13.7 Å². The monoisotopic (exact) mass is 502 g/mol. The Kier molecular flexibility index (Phi) is 7.79. The Morgan fingerprint density at radius 1 is 1.00 bits per heavy atom. The molecule has 0 atom stereocenters. The number of fused-ring (bicyclic) bond motifs is 1. The van der Waals surface area contributed by atoms with E-state index in [0.29, 0.717) is 37.8 Å². The molecule has 1 aliphatic rings. The minimum atomic E-state index is -0.0942. The summed E-state index contributed by atoms with van der Waals surface area (Å²) in [5.74, 6) is 2.43. The highest BCUT2D eigenvalue weighted by Gasteiger charge is 2.22. The van der Waals surface area contributed by atoms with E-state index in [9.17, 15) is 4.79 Å². The molecule has 0 unspecified atom stereocenters. The van der Waals surface area contributed by atoms with Crippen LogP contribution in [-0.4, -0.2) is 43.8 Å². The molecule has 9 heteroatoms. The normalized spacial score (nSPS) is 14.4. The average molecular weight is 503 g/mol. The van der Waals surface area contributed by atoms with E-state index in [-0.39, 0.29) is 5.56 Å². The van der Waals surface area contributed by atoms with Crippen molar-refractivity contribution in [1.82, 2.24) is 30.1 Å². The summed E-state index contributed by atoms with van der Waals surface area (Å²) >= 11 is 0. The first kappa shape index (κ1) is 25.0. The highest BCUT2D eigenvalue weighted by atomic mass is 16.5. The maximum atomic E-state index is 13.1. The van der Waals surface area contributed by atoms with Crippen LogP contribution in [0, 0.1) is 0 Å². The fourth-order valence-corrected chi connectivity index (χ4v) is 5.13. The van der Waals surface area contributed by atoms with Crippen LogP contribution in [0.5, 0.6) is 11.5 Å². The average Bonchev–Trinajstić information content (AvgIpc) is 3.38. The molecule has 1 saturated carbocycles. The van der Waals surface area contributed by atoms with Gasteiger partial charge in [-0.1, -0.05) is 31.4 Å². The van der Waals surface area contributed by atoms with E-state index < -0.39 is 0 Å². The maximum Gasteiger partial charge on any atom is 0.252 e. The van der Waals surface area contributed by atoms with Crippen molar-refractivity contribution < 1.29 is 9.47 Å². The van der Waals surface area contributed by atoms with Gasteiger partial charge in [0.1, 0.15) is 11.5 Å². The number of aromatic amines is 1. The third-order valence-corrected chi connectivity index (χ3v) is 7.01. The van der Waals surface area contributed by atoms with Gasteiger partial charge in [-0.05, 0) is 72.2 Å². The van der Waals surface area contributed by atoms with Crippen LogP contribution in [0.2, 0.25) is 0 Å². The highest BCUT2D eigenvalue weighted by molar-refractivity contribution is 5.80. The van der Waals surface area contributed by atoms with Crippen molar-refractivity contribution >= 4 is 10.9 Å². The lowest BCUT2D eigenvalue weighted by Crippen LogP contribution is -2.29. The second-order valence-corrected chi connectivity index (χ2v) is 9.63. The number of benzene rings is 2. The van der Waals surface area contributed by atoms with Gasteiger partial charge in [0.15, 0.2) is 5.82 Å². The molecule has 0 aliphatic heterocycles. The fraction of sp³-hybridized carbons (Fsp3) is 0.429. The van der Waals surface area contributed by atoms with Gasteiger partial charge in [0.25, 0.3) is 5.56 Å². The van der Waals surface area contributed by atoms with E-state index in [4.69, 9.17) is 9.47 Å². The summed E-state index contributed by atoms with van der Waals surface area (Å²) in [4.78, 5) is 18.3. The van der Waals surface area contributed by atoms with Crippen LogP contribution in [0.25, 0.3) is 10.9 Å². The largest absolute Gasteiger partial charge is 0.497 e. The first-order valence-electron chi connectivity index (χ1n) is 13.0. The van der Waals surface area contributed by atoms with E-state index in [2.05, 4.69) is 37.5 Å². The summed E-state index contributed by atoms with van der Waals surface area (Å²) in [5.41, 5.74) is 2.50. The van der Waals surface area contributed by atoms with E-state index in [1.165, 1.54) is 19.3 Å². The van der Waals surface area contributed by atoms with Crippen LogP contribution < -0.4 is 15.0 Å². The highest BCUT2D eigenvalue weighted by Crippen LogP contribution is 2.28. The minimum absolute atomic E-state index is 0.0942. The van der Waals surface area contributed by atoms with Gasteiger partial charge in [-0.15, -0.1) is 5.10 Å². The number of ether oxygens (including phenoxy) is 2. The first-order chi connectivity index (χ1) is 18.1. The summed E-state index contributed by atoms with van der Waals surface area (Å²) in [6.07, 6.45) is 5.88. The zero-order valence-corrected chi connectivity index (χ0v) is 21.5. The zero-order chi connectivity index (χ0) is 25.6. The predicted molar refractivity (Wildman–Crippen MR) is 142 cm³/mol. The minimum Gasteiger partial charge on any atom is -0.497 e. The molecule has 5 rings (SSSR count). The van der Waals surface area contributed by atoms with E-state index in [0.717, 1.165) is 46.6 Å². The molecule has 0 amide bonds. The number of methoxy groups -OCH3 is 1. The second-order valence-electron chi connectivity index (χ2n) is 9.63. The van der Waals surface area contributed by atoms with Crippen molar-refractivity contribution in [2.24, 2.45) is 0 Å². The molecule has 2 aromatic carbocycles. The molecule has 37 heavy (non-hydrogen) atoms. The lowest BCUT2D eigenvalue weighted by atomic mass is 9.95. The topological polar surface area (TPSA) is 98.2 Å². The number of aromatic nitrogens is 5. The Labute approximate surface area is 216 Å². The SMILES string of the molecule is CCOc1ccc2[nH]c(=O)c(CN(Cc3ccc(OC)cc3)Cc3nnnn3C3CCCCC3)cc2c1. The lowest BCUT2D eigenvalue weighted by Gasteiger charge is -2.25. The third kappa shape index (κ3) is 5.99. The summed E-state index contributed by atoms with van der Waals surface area (Å²) in [5, 5.41) is 13.7. The molecule has 0 bridgehead atoms. The standard InChI is InChI=1S/C28H34N6O3/c1-3-37-25-13-14-26-21(16-25)15-22(28(35)29-26)18-33(17-20-9-11-24(36-2)12-10-20)19-27-30-31-32-34(27)23-7-5-4-6-8-23/h9-16,23H,3-8,17-19H2,1-2H3,(H,29,35). The van der Waals surface area contributed by atoms with Gasteiger partial charge >= 0.3 is 0 Å². The van der Waals surface area contributed by atoms with Crippen molar-refractivity contribution in [2.45, 2.75) is 64.7 Å². The molecule has 2 heterocycles. The Morgan fingerprint density at radius 3 is 2.54 bits per heavy atom. The molecule has 1 N–H and O–H groups in total. The molecule has 1 aliphatic carbocycles. The first-order valence-corrected chi connectivity index (χ1v) is 13.0. The fourth-order valence-electron chi connectivity index (χ4n) is 5.13. The molecule has 4 aromatic rings. The van der Waals surface area contributed by atoms with Crippen LogP contribution in [0.3, 0.4) is 0 Å². The van der Waals surface area contributed by atoms with Crippen LogP contribution >= 0.6 is 0 Å². The Morgan fingerprint density at radius 2 is 1.78 bits per heavy atom. The molecular weight excluding hydrogens is 468 g/mol. The number of nitrogens with one attached hydrogen (secondary N) is 1. The third-order valence-electron chi connectivity index (χ3n) is 7.01. The van der Waals surface area contributed by atoms with Gasteiger partial charge in [-0.25, -0.2) is 4.68 Å². The van der Waals surface area contributed by atoms with Crippen molar-refractivity contribution in [3.63, 3.8) is 0 Å². The molecular formula is C28H34N6O3. The molecule has 1 fully saturated rings. The molecule has 0 spiro atoms. The number of hydrogen-bond donors (Lipinski definition) is 1. The number of H-pyrrole nitrogens is 1. The Balaban J connectivity index is 1.44. The van der Waals surface area contributed by atoms with E-state index >= 15 is 0 Å². The van der Waals surface area contributed by atoms with Gasteiger partial charge in [-0.2, -0.15) is 0 Å². The molecule has 2 aromatic heterocycles. The molecule has 194 valence electrons. The van der Waals surface area contributed by atoms with Crippen LogP contribution in [0.15, 0.2) is 53.3 Å². The van der Waals surface area contributed by atoms with Crippen LogP contribution in [0.1, 0.15) is 62.0 Å². The number of nitrogens with zero attached hydrogens (tertiary/aromatic N) is 5. The molecule has 0 saturated heterocycles. The second kappa shape index (κ2) is 11.6. The van der Waals surface area contributed by atoms with Crippen molar-refractivity contribution in [1.29, 1.82) is 0 Å². The molecule has 0 radical (unpaired) electrons. The summed E-state index contributed by atoms with van der Waals surface area (Å²) in [6, 6.07) is 16.0. The van der Waals surface area contributed by atoms with Gasteiger partial charge in [0.2, 0.25) is 0 Å². The van der Waals surface area contributed by atoms with Crippen molar-refractivity contribution in [3.8, 4) is 11.5 Å². The number of rotatable bonds is 10. The van der Waals surface area contributed by atoms with E-state index in [1.54, 1.807) is 7.11 Å². The number of hydrogen-bond acceptors (Lipinski definition) is 7. The zero-order valence-electron chi connectivity index (χ0n) is 21.5. The van der Waals surface area contributed by atoms with Gasteiger partial charge in [0.05, 0.1) is 26.3 Å². The predicted octanol–water partition coefficient (Wildman–Crippen LogP) is 4.63. The Hall–Kier alpha value is -3.72. The summed E-state index contributed by atoms with van der Waals surface area (Å²) < 4.78 is 13.0. The smallest absolute Gasteiger partial charge is 0.252 e. The van der Waals surface area contributed by atoms with Gasteiger partial charge in [0, 0.05) is 29.6 Å². The van der Waals surface area contributed by atoms with Crippen molar-refractivity contribution in [3.05, 3.63) is 75.8 Å². The number of tetrazole rings is 1.